The van der Waals surface area contributed by atoms with Gasteiger partial charge in [-0.25, -0.2) is 4.79 Å². The number of carbonyl (C=O) groups is 1. The van der Waals surface area contributed by atoms with Gasteiger partial charge in [0, 0.05) is 18.7 Å². The molecule has 0 aromatic rings. The first-order chi connectivity index (χ1) is 18.1. The number of aliphatic hydroxyl groups is 1. The van der Waals surface area contributed by atoms with Crippen LogP contribution in [-0.4, -0.2) is 53.3 Å². The number of nitrogens with zero attached hydrogens (tertiary/aromatic N) is 1. The van der Waals surface area contributed by atoms with E-state index in [2.05, 4.69) is 25.6 Å². The fraction of sp³-hybridized carbons (Fsp3) is 0.900. The molecule has 0 amide bonds. The van der Waals surface area contributed by atoms with E-state index >= 15 is 0 Å². The molecule has 6 nitrogen and oxygen atoms in total. The number of carbonyl (C=O) groups excluding carboxylic acids is 1. The number of aliphatic hydroxyl groups excluding tert-OH is 1. The van der Waals surface area contributed by atoms with Gasteiger partial charge in [0.25, 0.3) is 0 Å². The summed E-state index contributed by atoms with van der Waals surface area (Å²) in [5.41, 5.74) is 0. The molecule has 1 heterocycles. The van der Waals surface area contributed by atoms with Gasteiger partial charge in [-0.1, -0.05) is 109 Å². The lowest BCUT2D eigenvalue weighted by Gasteiger charge is -2.28. The van der Waals surface area contributed by atoms with Gasteiger partial charge >= 0.3 is 5.97 Å². The Morgan fingerprint density at radius 2 is 1.46 bits per heavy atom. The number of ether oxygens (including phenoxy) is 1. The largest absolute Gasteiger partial charge is 0.391 e. The van der Waals surface area contributed by atoms with Crippen LogP contribution in [0.2, 0.25) is 0 Å². The molecular formula is C30H57NO5S. The summed E-state index contributed by atoms with van der Waals surface area (Å²) in [6, 6.07) is -0.510. The Bertz CT molecular complexity index is 554. The van der Waals surface area contributed by atoms with Crippen molar-refractivity contribution in [2.45, 2.75) is 154 Å². The van der Waals surface area contributed by atoms with Crippen LogP contribution in [0.25, 0.3) is 0 Å². The molecule has 0 aromatic carbocycles. The van der Waals surface area contributed by atoms with E-state index in [1.807, 2.05) is 18.0 Å². The van der Waals surface area contributed by atoms with Crippen molar-refractivity contribution in [2.24, 2.45) is 0 Å². The quantitative estimate of drug-likeness (QED) is 0.0561. The minimum Gasteiger partial charge on any atom is -0.391 e. The van der Waals surface area contributed by atoms with Gasteiger partial charge in [0.2, 0.25) is 6.29 Å². The molecule has 0 aromatic heterocycles. The Labute approximate surface area is 233 Å². The summed E-state index contributed by atoms with van der Waals surface area (Å²) in [6.07, 6.45) is 27.1. The Morgan fingerprint density at radius 1 is 0.919 bits per heavy atom. The lowest BCUT2D eigenvalue weighted by atomic mass is 10.0. The first kappa shape index (κ1) is 34.3. The Hall–Kier alpha value is -0.760. The van der Waals surface area contributed by atoms with Crippen LogP contribution in [0.1, 0.15) is 136 Å². The summed E-state index contributed by atoms with van der Waals surface area (Å²) in [5.74, 6) is -0.137. The number of unbranched alkanes of at least 4 members (excludes halogenated alkanes) is 16. The van der Waals surface area contributed by atoms with Crippen LogP contribution in [0.4, 0.5) is 0 Å². The standard InChI is InChI=1S/C30H57NO5S/c1-3-5-6-7-8-9-10-11-12-13-14-15-16-17-18-19-20-21-24-31(4-2)28(26-37)30(33)36-35-29-23-22-27(32)25-34-29/h21,24,27-29,32,37H,3-20,22-23,25-26H2,1-2H3/t27-,28?,29-/m0/s1. The minimum absolute atomic E-state index is 0.196. The van der Waals surface area contributed by atoms with Gasteiger partial charge in [0.15, 0.2) is 0 Å². The van der Waals surface area contributed by atoms with Crippen molar-refractivity contribution < 1.29 is 24.4 Å². The maximum atomic E-state index is 12.5. The highest BCUT2D eigenvalue weighted by atomic mass is 32.1. The Balaban J connectivity index is 2.01. The molecule has 0 radical (unpaired) electrons. The highest BCUT2D eigenvalue weighted by Gasteiger charge is 2.27. The fourth-order valence-corrected chi connectivity index (χ4v) is 5.07. The van der Waals surface area contributed by atoms with Crippen LogP contribution in [-0.2, 0) is 19.3 Å². The van der Waals surface area contributed by atoms with E-state index in [1.54, 1.807) is 0 Å². The Morgan fingerprint density at radius 3 is 1.92 bits per heavy atom. The smallest absolute Gasteiger partial charge is 0.365 e. The van der Waals surface area contributed by atoms with Crippen molar-refractivity contribution in [3.63, 3.8) is 0 Å². The second kappa shape index (κ2) is 24.3. The second-order valence-electron chi connectivity index (χ2n) is 10.5. The Kier molecular flexibility index (Phi) is 22.5. The molecule has 0 bridgehead atoms. The van der Waals surface area contributed by atoms with Crippen LogP contribution in [0.3, 0.4) is 0 Å². The molecule has 1 saturated heterocycles. The molecule has 1 rings (SSSR count). The maximum Gasteiger partial charge on any atom is 0.365 e. The summed E-state index contributed by atoms with van der Waals surface area (Å²) in [7, 11) is 0. The van der Waals surface area contributed by atoms with Crippen molar-refractivity contribution in [1.29, 1.82) is 0 Å². The third kappa shape index (κ3) is 18.2. The van der Waals surface area contributed by atoms with E-state index in [0.717, 1.165) is 6.42 Å². The van der Waals surface area contributed by atoms with Gasteiger partial charge in [-0.05, 0) is 32.4 Å². The van der Waals surface area contributed by atoms with Crippen LogP contribution in [0, 0.1) is 0 Å². The van der Waals surface area contributed by atoms with E-state index in [1.165, 1.54) is 103 Å². The zero-order chi connectivity index (χ0) is 27.0. The van der Waals surface area contributed by atoms with Crippen LogP contribution in [0.15, 0.2) is 12.3 Å². The van der Waals surface area contributed by atoms with E-state index in [-0.39, 0.29) is 6.61 Å². The zero-order valence-corrected chi connectivity index (χ0v) is 24.8. The average molecular weight is 544 g/mol. The van der Waals surface area contributed by atoms with E-state index in [4.69, 9.17) is 14.5 Å². The third-order valence-electron chi connectivity index (χ3n) is 7.18. The van der Waals surface area contributed by atoms with Crippen molar-refractivity contribution in [1.82, 2.24) is 4.90 Å². The van der Waals surface area contributed by atoms with Crippen molar-refractivity contribution in [3.05, 3.63) is 12.3 Å². The van der Waals surface area contributed by atoms with Crippen LogP contribution < -0.4 is 0 Å². The topological polar surface area (TPSA) is 68.2 Å². The lowest BCUT2D eigenvalue weighted by Crippen LogP contribution is -2.41. The molecule has 1 aliphatic heterocycles. The molecule has 3 atom stereocenters. The predicted molar refractivity (Wildman–Crippen MR) is 155 cm³/mol. The van der Waals surface area contributed by atoms with Gasteiger partial charge in [-0.2, -0.15) is 17.5 Å². The van der Waals surface area contributed by atoms with Crippen molar-refractivity contribution in [2.75, 3.05) is 18.9 Å². The zero-order valence-electron chi connectivity index (χ0n) is 23.9. The molecular weight excluding hydrogens is 486 g/mol. The molecule has 7 heteroatoms. The summed E-state index contributed by atoms with van der Waals surface area (Å²) in [4.78, 5) is 24.6. The normalized spacial score (nSPS) is 18.8. The van der Waals surface area contributed by atoms with Gasteiger partial charge in [-0.3, -0.25) is 4.89 Å². The maximum absolute atomic E-state index is 12.5. The lowest BCUT2D eigenvalue weighted by molar-refractivity contribution is -0.364. The monoisotopic (exact) mass is 543 g/mol. The first-order valence-corrected chi connectivity index (χ1v) is 16.0. The average Bonchev–Trinajstić information content (AvgIpc) is 2.91. The van der Waals surface area contributed by atoms with Crippen molar-refractivity contribution >= 4 is 18.6 Å². The number of thiol groups is 1. The minimum atomic E-state index is -0.617. The van der Waals surface area contributed by atoms with Crippen LogP contribution in [0.5, 0.6) is 0 Å². The predicted octanol–water partition coefficient (Wildman–Crippen LogP) is 7.74. The molecule has 218 valence electrons. The molecule has 0 aliphatic carbocycles. The molecule has 1 N–H and O–H groups in total. The molecule has 1 fully saturated rings. The van der Waals surface area contributed by atoms with Crippen LogP contribution >= 0.6 is 12.6 Å². The highest BCUT2D eigenvalue weighted by molar-refractivity contribution is 7.80. The highest BCUT2D eigenvalue weighted by Crippen LogP contribution is 2.17. The number of hydrogen-bond donors (Lipinski definition) is 2. The molecule has 0 saturated carbocycles. The number of allylic oxidation sites excluding steroid dienone is 1. The van der Waals surface area contributed by atoms with E-state index < -0.39 is 24.4 Å². The SMILES string of the molecule is CCCCCCCCCCCCCCCCCCC=CN(CC)C(CS)C(=O)OO[C@H]1CC[C@H](O)CO1. The second-order valence-corrected chi connectivity index (χ2v) is 10.9. The summed E-state index contributed by atoms with van der Waals surface area (Å²) in [5, 5.41) is 9.47. The molecule has 0 spiro atoms. The number of likely N-dealkylation sites (N-methyl/N-ethyl adjacent to an activating group) is 1. The summed E-state index contributed by atoms with van der Waals surface area (Å²) < 4.78 is 5.31. The number of hydrogen-bond acceptors (Lipinski definition) is 7. The third-order valence-corrected chi connectivity index (χ3v) is 7.53. The van der Waals surface area contributed by atoms with Gasteiger partial charge in [-0.15, -0.1) is 0 Å². The molecule has 37 heavy (non-hydrogen) atoms. The molecule has 1 unspecified atom stereocenters. The summed E-state index contributed by atoms with van der Waals surface area (Å²) in [6.45, 7) is 5.17. The first-order valence-electron chi connectivity index (χ1n) is 15.3. The van der Waals surface area contributed by atoms with Gasteiger partial charge in [0.1, 0.15) is 6.04 Å². The summed E-state index contributed by atoms with van der Waals surface area (Å²) >= 11 is 4.34. The van der Waals surface area contributed by atoms with E-state index in [9.17, 15) is 9.90 Å². The van der Waals surface area contributed by atoms with Gasteiger partial charge < -0.3 is 14.7 Å². The van der Waals surface area contributed by atoms with E-state index in [0.29, 0.717) is 25.1 Å². The van der Waals surface area contributed by atoms with Gasteiger partial charge in [0.05, 0.1) is 12.7 Å². The van der Waals surface area contributed by atoms with Crippen molar-refractivity contribution in [3.8, 4) is 0 Å². The molecule has 1 aliphatic rings. The number of rotatable bonds is 24. The fourth-order valence-electron chi connectivity index (χ4n) is 4.71.